The van der Waals surface area contributed by atoms with Crippen LogP contribution in [0.2, 0.25) is 5.15 Å². The van der Waals surface area contributed by atoms with Crippen molar-refractivity contribution in [2.45, 2.75) is 4.90 Å². The van der Waals surface area contributed by atoms with E-state index < -0.39 is 5.97 Å². The van der Waals surface area contributed by atoms with E-state index >= 15 is 0 Å². The molecule has 0 saturated carbocycles. The van der Waals surface area contributed by atoms with Crippen LogP contribution in [0, 0.1) is 0 Å². The van der Waals surface area contributed by atoms with E-state index in [1.54, 1.807) is 11.8 Å². The first-order valence-electron chi connectivity index (χ1n) is 5.15. The highest BCUT2D eigenvalue weighted by Crippen LogP contribution is 2.24. The van der Waals surface area contributed by atoms with Crippen LogP contribution < -0.4 is 0 Å². The highest BCUT2D eigenvalue weighted by Gasteiger charge is 2.08. The lowest BCUT2D eigenvalue weighted by atomic mass is 10.1. The van der Waals surface area contributed by atoms with Gasteiger partial charge in [0.1, 0.15) is 5.15 Å². The second-order valence-corrected chi connectivity index (χ2v) is 4.86. The summed E-state index contributed by atoms with van der Waals surface area (Å²) in [5.41, 5.74) is 1.55. The van der Waals surface area contributed by atoms with Crippen LogP contribution in [-0.4, -0.2) is 22.3 Å². The highest BCUT2D eigenvalue weighted by molar-refractivity contribution is 7.98. The van der Waals surface area contributed by atoms with Gasteiger partial charge in [-0.3, -0.25) is 0 Å². The smallest absolute Gasteiger partial charge is 0.335 e. The molecule has 3 nitrogen and oxygen atoms in total. The van der Waals surface area contributed by atoms with E-state index in [-0.39, 0.29) is 10.7 Å². The van der Waals surface area contributed by atoms with Crippen molar-refractivity contribution in [3.05, 3.63) is 47.1 Å². The van der Waals surface area contributed by atoms with Crippen molar-refractivity contribution >= 4 is 29.3 Å². The molecule has 0 fully saturated rings. The molecule has 1 aromatic carbocycles. The topological polar surface area (TPSA) is 50.2 Å². The molecule has 92 valence electrons. The van der Waals surface area contributed by atoms with Gasteiger partial charge in [-0.25, -0.2) is 9.78 Å². The fourth-order valence-corrected chi connectivity index (χ4v) is 2.15. The number of hydrogen-bond acceptors (Lipinski definition) is 3. The van der Waals surface area contributed by atoms with Crippen LogP contribution in [0.4, 0.5) is 0 Å². The molecule has 2 aromatic rings. The zero-order valence-electron chi connectivity index (χ0n) is 9.55. The van der Waals surface area contributed by atoms with Gasteiger partial charge in [0.05, 0.1) is 11.3 Å². The average molecular weight is 280 g/mol. The van der Waals surface area contributed by atoms with Crippen molar-refractivity contribution in [1.82, 2.24) is 4.98 Å². The van der Waals surface area contributed by atoms with Crippen molar-refractivity contribution in [2.75, 3.05) is 6.26 Å². The van der Waals surface area contributed by atoms with Crippen molar-refractivity contribution in [2.24, 2.45) is 0 Å². The second-order valence-electron chi connectivity index (χ2n) is 3.60. The molecule has 0 aliphatic carbocycles. The minimum Gasteiger partial charge on any atom is -0.478 e. The molecular weight excluding hydrogens is 270 g/mol. The third kappa shape index (κ3) is 2.83. The van der Waals surface area contributed by atoms with Gasteiger partial charge in [-0.05, 0) is 30.5 Å². The molecule has 0 bridgehead atoms. The summed E-state index contributed by atoms with van der Waals surface area (Å²) < 4.78 is 0. The summed E-state index contributed by atoms with van der Waals surface area (Å²) >= 11 is 7.47. The molecular formula is C13H10ClNO2S. The molecule has 0 unspecified atom stereocenters. The fourth-order valence-electron chi connectivity index (χ4n) is 1.53. The third-order valence-corrected chi connectivity index (χ3v) is 3.36. The van der Waals surface area contributed by atoms with E-state index in [0.29, 0.717) is 5.69 Å². The van der Waals surface area contributed by atoms with Crippen LogP contribution in [0.3, 0.4) is 0 Å². The van der Waals surface area contributed by atoms with Gasteiger partial charge in [0.15, 0.2) is 0 Å². The Kier molecular flexibility index (Phi) is 3.89. The Morgan fingerprint density at radius 1 is 1.28 bits per heavy atom. The second kappa shape index (κ2) is 5.42. The van der Waals surface area contributed by atoms with Crippen LogP contribution in [0.15, 0.2) is 41.3 Å². The number of aromatic carboxylic acids is 1. The summed E-state index contributed by atoms with van der Waals surface area (Å²) in [6.07, 6.45) is 2.00. The summed E-state index contributed by atoms with van der Waals surface area (Å²) in [5.74, 6) is -1.01. The number of rotatable bonds is 3. The molecule has 1 heterocycles. The lowest BCUT2D eigenvalue weighted by molar-refractivity contribution is 0.0697. The molecule has 1 N–H and O–H groups in total. The summed E-state index contributed by atoms with van der Waals surface area (Å²) in [6.45, 7) is 0. The van der Waals surface area contributed by atoms with Crippen molar-refractivity contribution in [3.8, 4) is 11.3 Å². The van der Waals surface area contributed by atoms with Crippen molar-refractivity contribution < 1.29 is 9.90 Å². The predicted molar refractivity (Wildman–Crippen MR) is 73.4 cm³/mol. The van der Waals surface area contributed by atoms with Crippen LogP contribution in [0.25, 0.3) is 11.3 Å². The highest BCUT2D eigenvalue weighted by atomic mass is 35.5. The number of carboxylic acids is 1. The third-order valence-electron chi connectivity index (χ3n) is 2.43. The SMILES string of the molecule is CSc1ccc(-c2cc(C(=O)O)cc(Cl)n2)cc1. The Morgan fingerprint density at radius 3 is 2.50 bits per heavy atom. The van der Waals surface area contributed by atoms with Gasteiger partial charge in [0, 0.05) is 10.5 Å². The lowest BCUT2D eigenvalue weighted by Crippen LogP contribution is -1.98. The zero-order valence-corrected chi connectivity index (χ0v) is 11.1. The standard InChI is InChI=1S/C13H10ClNO2S/c1-18-10-4-2-8(3-5-10)11-6-9(13(16)17)7-12(14)15-11/h2-7H,1H3,(H,16,17). The van der Waals surface area contributed by atoms with Gasteiger partial charge in [0.25, 0.3) is 0 Å². The van der Waals surface area contributed by atoms with E-state index in [1.807, 2.05) is 30.5 Å². The average Bonchev–Trinajstić information content (AvgIpc) is 2.38. The Morgan fingerprint density at radius 2 is 1.94 bits per heavy atom. The van der Waals surface area contributed by atoms with Crippen LogP contribution >= 0.6 is 23.4 Å². The Bertz CT molecular complexity index is 584. The predicted octanol–water partition coefficient (Wildman–Crippen LogP) is 3.82. The lowest BCUT2D eigenvalue weighted by Gasteiger charge is -2.04. The maximum absolute atomic E-state index is 10.9. The number of hydrogen-bond donors (Lipinski definition) is 1. The number of pyridine rings is 1. The van der Waals surface area contributed by atoms with Gasteiger partial charge in [-0.15, -0.1) is 11.8 Å². The normalized spacial score (nSPS) is 10.3. The number of benzene rings is 1. The van der Waals surface area contributed by atoms with Crippen LogP contribution in [-0.2, 0) is 0 Å². The van der Waals surface area contributed by atoms with E-state index in [2.05, 4.69) is 4.98 Å². The van der Waals surface area contributed by atoms with E-state index in [9.17, 15) is 4.79 Å². The number of aromatic nitrogens is 1. The Balaban J connectivity index is 2.46. The number of nitrogens with zero attached hydrogens (tertiary/aromatic N) is 1. The van der Waals surface area contributed by atoms with E-state index in [4.69, 9.17) is 16.7 Å². The summed E-state index contributed by atoms with van der Waals surface area (Å²) in [5, 5.41) is 9.15. The van der Waals surface area contributed by atoms with Gasteiger partial charge in [0.2, 0.25) is 0 Å². The van der Waals surface area contributed by atoms with Crippen LogP contribution in [0.1, 0.15) is 10.4 Å². The largest absolute Gasteiger partial charge is 0.478 e. The zero-order chi connectivity index (χ0) is 13.1. The number of carbonyl (C=O) groups is 1. The molecule has 0 amide bonds. The molecule has 0 aliphatic heterocycles. The first-order valence-corrected chi connectivity index (χ1v) is 6.76. The minimum atomic E-state index is -1.01. The fraction of sp³-hybridized carbons (Fsp3) is 0.0769. The molecule has 0 atom stereocenters. The monoisotopic (exact) mass is 279 g/mol. The number of halogens is 1. The van der Waals surface area contributed by atoms with Crippen molar-refractivity contribution in [1.29, 1.82) is 0 Å². The molecule has 0 spiro atoms. The van der Waals surface area contributed by atoms with Crippen molar-refractivity contribution in [3.63, 3.8) is 0 Å². The first-order chi connectivity index (χ1) is 8.60. The molecule has 0 aliphatic rings. The van der Waals surface area contributed by atoms with E-state index in [0.717, 1.165) is 10.5 Å². The molecule has 5 heteroatoms. The molecule has 0 radical (unpaired) electrons. The maximum Gasteiger partial charge on any atom is 0.335 e. The Hall–Kier alpha value is -1.52. The number of thioether (sulfide) groups is 1. The van der Waals surface area contributed by atoms with Gasteiger partial charge in [-0.2, -0.15) is 0 Å². The maximum atomic E-state index is 10.9. The van der Waals surface area contributed by atoms with E-state index in [1.165, 1.54) is 12.1 Å². The molecule has 2 rings (SSSR count). The van der Waals surface area contributed by atoms with Crippen LogP contribution in [0.5, 0.6) is 0 Å². The van der Waals surface area contributed by atoms with Gasteiger partial charge >= 0.3 is 5.97 Å². The summed E-state index contributed by atoms with van der Waals surface area (Å²) in [4.78, 5) is 16.2. The van der Waals surface area contributed by atoms with Gasteiger partial charge in [-0.1, -0.05) is 23.7 Å². The summed E-state index contributed by atoms with van der Waals surface area (Å²) in [7, 11) is 0. The minimum absolute atomic E-state index is 0.138. The molecule has 18 heavy (non-hydrogen) atoms. The first kappa shape index (κ1) is 12.9. The quantitative estimate of drug-likeness (QED) is 0.685. The molecule has 1 aromatic heterocycles. The summed E-state index contributed by atoms with van der Waals surface area (Å²) in [6, 6.07) is 10.6. The Labute approximate surface area is 114 Å². The number of carboxylic acid groups (broad SMARTS) is 1. The molecule has 0 saturated heterocycles. The van der Waals surface area contributed by atoms with Gasteiger partial charge < -0.3 is 5.11 Å².